The maximum absolute atomic E-state index is 5.55. The highest BCUT2D eigenvalue weighted by Crippen LogP contribution is 2.02. The SMILES string of the molecule is CC[C@H](C)[C@H](C)N. The van der Waals surface area contributed by atoms with Gasteiger partial charge in [-0.1, -0.05) is 20.3 Å². The summed E-state index contributed by atoms with van der Waals surface area (Å²) in [6.45, 7) is 6.38. The molecule has 44 valence electrons. The third kappa shape index (κ3) is 2.63. The number of hydrogen-bond acceptors (Lipinski definition) is 1. The van der Waals surface area contributed by atoms with E-state index in [0.29, 0.717) is 12.0 Å². The van der Waals surface area contributed by atoms with Crippen molar-refractivity contribution < 1.29 is 0 Å². The lowest BCUT2D eigenvalue weighted by molar-refractivity contribution is 0.470. The maximum Gasteiger partial charge on any atom is 0.00360 e. The van der Waals surface area contributed by atoms with Crippen molar-refractivity contribution in [1.29, 1.82) is 0 Å². The first-order chi connectivity index (χ1) is 3.18. The van der Waals surface area contributed by atoms with Crippen LogP contribution in [-0.2, 0) is 0 Å². The minimum absolute atomic E-state index is 0.366. The highest BCUT2D eigenvalue weighted by atomic mass is 14.6. The van der Waals surface area contributed by atoms with Crippen molar-refractivity contribution in [1.82, 2.24) is 0 Å². The van der Waals surface area contributed by atoms with Gasteiger partial charge in [0.25, 0.3) is 0 Å². The van der Waals surface area contributed by atoms with Gasteiger partial charge in [-0.05, 0) is 12.8 Å². The normalized spacial score (nSPS) is 18.9. The molecule has 0 bridgehead atoms. The van der Waals surface area contributed by atoms with E-state index in [0.717, 1.165) is 0 Å². The van der Waals surface area contributed by atoms with Crippen LogP contribution in [0.25, 0.3) is 0 Å². The summed E-state index contributed by atoms with van der Waals surface area (Å²) >= 11 is 0. The zero-order valence-electron chi connectivity index (χ0n) is 5.44. The Labute approximate surface area is 45.9 Å². The Morgan fingerprint density at radius 3 is 1.86 bits per heavy atom. The zero-order valence-corrected chi connectivity index (χ0v) is 5.44. The van der Waals surface area contributed by atoms with Gasteiger partial charge in [-0.15, -0.1) is 0 Å². The lowest BCUT2D eigenvalue weighted by Gasteiger charge is -2.10. The molecule has 0 aliphatic carbocycles. The molecule has 0 aromatic carbocycles. The number of nitrogens with two attached hydrogens (primary N) is 1. The van der Waals surface area contributed by atoms with E-state index >= 15 is 0 Å². The Morgan fingerprint density at radius 1 is 1.43 bits per heavy atom. The molecular formula is C6H15N. The van der Waals surface area contributed by atoms with Gasteiger partial charge in [-0.3, -0.25) is 0 Å². The van der Waals surface area contributed by atoms with Gasteiger partial charge in [0, 0.05) is 6.04 Å². The van der Waals surface area contributed by atoms with Gasteiger partial charge in [-0.2, -0.15) is 0 Å². The summed E-state index contributed by atoms with van der Waals surface area (Å²) in [4.78, 5) is 0. The van der Waals surface area contributed by atoms with Gasteiger partial charge in [-0.25, -0.2) is 0 Å². The predicted octanol–water partition coefficient (Wildman–Crippen LogP) is 1.38. The van der Waals surface area contributed by atoms with E-state index < -0.39 is 0 Å². The predicted molar refractivity (Wildman–Crippen MR) is 33.1 cm³/mol. The summed E-state index contributed by atoms with van der Waals surface area (Å²) in [5, 5.41) is 0. The molecule has 0 radical (unpaired) electrons. The van der Waals surface area contributed by atoms with Crippen molar-refractivity contribution in [3.63, 3.8) is 0 Å². The second-order valence-corrected chi connectivity index (χ2v) is 2.24. The van der Waals surface area contributed by atoms with E-state index in [1.54, 1.807) is 0 Å². The fourth-order valence-electron chi connectivity index (χ4n) is 0.372. The van der Waals surface area contributed by atoms with E-state index in [4.69, 9.17) is 5.73 Å². The first-order valence-corrected chi connectivity index (χ1v) is 2.94. The summed E-state index contributed by atoms with van der Waals surface area (Å²) < 4.78 is 0. The molecule has 0 aliphatic heterocycles. The van der Waals surface area contributed by atoms with Crippen LogP contribution in [0.2, 0.25) is 0 Å². The van der Waals surface area contributed by atoms with E-state index in [2.05, 4.69) is 13.8 Å². The second-order valence-electron chi connectivity index (χ2n) is 2.24. The third-order valence-corrected chi connectivity index (χ3v) is 1.54. The van der Waals surface area contributed by atoms with Crippen LogP contribution in [0.3, 0.4) is 0 Å². The van der Waals surface area contributed by atoms with Gasteiger partial charge in [0.1, 0.15) is 0 Å². The van der Waals surface area contributed by atoms with Gasteiger partial charge in [0.05, 0.1) is 0 Å². The van der Waals surface area contributed by atoms with Crippen molar-refractivity contribution in [3.05, 3.63) is 0 Å². The average Bonchev–Trinajstić information content (AvgIpc) is 1.65. The molecule has 1 heteroatoms. The lowest BCUT2D eigenvalue weighted by atomic mass is 10.0. The van der Waals surface area contributed by atoms with Gasteiger partial charge in [0.15, 0.2) is 0 Å². The van der Waals surface area contributed by atoms with E-state index in [1.807, 2.05) is 6.92 Å². The van der Waals surface area contributed by atoms with Crippen molar-refractivity contribution in [2.75, 3.05) is 0 Å². The fraction of sp³-hybridized carbons (Fsp3) is 1.00. The highest BCUT2D eigenvalue weighted by Gasteiger charge is 2.01. The van der Waals surface area contributed by atoms with Crippen LogP contribution in [0.15, 0.2) is 0 Å². The Hall–Kier alpha value is -0.0400. The molecule has 0 rings (SSSR count). The minimum Gasteiger partial charge on any atom is -0.328 e. The van der Waals surface area contributed by atoms with E-state index in [1.165, 1.54) is 6.42 Å². The maximum atomic E-state index is 5.55. The summed E-state index contributed by atoms with van der Waals surface area (Å²) in [5.74, 6) is 0.681. The molecule has 2 atom stereocenters. The van der Waals surface area contributed by atoms with Gasteiger partial charge >= 0.3 is 0 Å². The standard InChI is InChI=1S/C6H15N/c1-4-5(2)6(3)7/h5-6H,4,7H2,1-3H3/t5-,6-/m0/s1. The Bertz CT molecular complexity index is 41.4. The molecular weight excluding hydrogens is 86.1 g/mol. The van der Waals surface area contributed by atoms with Crippen LogP contribution in [0.4, 0.5) is 0 Å². The smallest absolute Gasteiger partial charge is 0.00360 e. The second kappa shape index (κ2) is 3.03. The number of hydrogen-bond donors (Lipinski definition) is 1. The third-order valence-electron chi connectivity index (χ3n) is 1.54. The van der Waals surface area contributed by atoms with Gasteiger partial charge < -0.3 is 5.73 Å². The Kier molecular flexibility index (Phi) is 3.01. The molecule has 0 heterocycles. The molecule has 7 heavy (non-hydrogen) atoms. The first-order valence-electron chi connectivity index (χ1n) is 2.94. The van der Waals surface area contributed by atoms with Crippen molar-refractivity contribution in [2.24, 2.45) is 11.7 Å². The molecule has 0 aliphatic rings. The van der Waals surface area contributed by atoms with Crippen LogP contribution in [0.1, 0.15) is 27.2 Å². The van der Waals surface area contributed by atoms with Gasteiger partial charge in [0.2, 0.25) is 0 Å². The van der Waals surface area contributed by atoms with Crippen molar-refractivity contribution >= 4 is 0 Å². The first kappa shape index (κ1) is 6.96. The van der Waals surface area contributed by atoms with Crippen LogP contribution < -0.4 is 5.73 Å². The molecule has 0 spiro atoms. The molecule has 0 aromatic heterocycles. The molecule has 0 saturated carbocycles. The van der Waals surface area contributed by atoms with Crippen LogP contribution in [0, 0.1) is 5.92 Å². The Balaban J connectivity index is 3.14. The highest BCUT2D eigenvalue weighted by molar-refractivity contribution is 4.59. The molecule has 0 fully saturated rings. The molecule has 1 nitrogen and oxygen atoms in total. The number of rotatable bonds is 2. The monoisotopic (exact) mass is 101 g/mol. The Morgan fingerprint density at radius 2 is 1.86 bits per heavy atom. The van der Waals surface area contributed by atoms with Crippen molar-refractivity contribution in [2.45, 2.75) is 33.2 Å². The zero-order chi connectivity index (χ0) is 5.86. The molecule has 0 saturated heterocycles. The molecule has 0 amide bonds. The molecule has 0 unspecified atom stereocenters. The summed E-state index contributed by atoms with van der Waals surface area (Å²) in [6, 6.07) is 0.366. The van der Waals surface area contributed by atoms with Crippen LogP contribution in [0.5, 0.6) is 0 Å². The quantitative estimate of drug-likeness (QED) is 0.558. The largest absolute Gasteiger partial charge is 0.328 e. The summed E-state index contributed by atoms with van der Waals surface area (Å²) in [6.07, 6.45) is 1.19. The lowest BCUT2D eigenvalue weighted by Crippen LogP contribution is -2.23. The fourth-order valence-corrected chi connectivity index (χ4v) is 0.372. The molecule has 0 aromatic rings. The van der Waals surface area contributed by atoms with E-state index in [-0.39, 0.29) is 0 Å². The molecule has 2 N–H and O–H groups in total. The van der Waals surface area contributed by atoms with Crippen LogP contribution >= 0.6 is 0 Å². The van der Waals surface area contributed by atoms with Crippen LogP contribution in [-0.4, -0.2) is 6.04 Å². The summed E-state index contributed by atoms with van der Waals surface area (Å²) in [7, 11) is 0. The summed E-state index contributed by atoms with van der Waals surface area (Å²) in [5.41, 5.74) is 5.55. The average molecular weight is 101 g/mol. The minimum atomic E-state index is 0.366. The topological polar surface area (TPSA) is 26.0 Å². The van der Waals surface area contributed by atoms with Crippen molar-refractivity contribution in [3.8, 4) is 0 Å². The van der Waals surface area contributed by atoms with E-state index in [9.17, 15) is 0 Å².